The third-order valence-corrected chi connectivity index (χ3v) is 1.11. The molecule has 1 aromatic heterocycles. The van der Waals surface area contributed by atoms with Crippen LogP contribution in [0.3, 0.4) is 0 Å². The van der Waals surface area contributed by atoms with Gasteiger partial charge in [0.15, 0.2) is 5.69 Å². The van der Waals surface area contributed by atoms with Crippen molar-refractivity contribution in [2.45, 2.75) is 6.92 Å². The maximum absolute atomic E-state index is 10.9. The number of esters is 1. The molecule has 5 nitrogen and oxygen atoms in total. The molecule has 0 saturated heterocycles. The number of nitrogens with zero attached hydrogens (tertiary/aromatic N) is 2. The number of carbonyl (C=O) groups is 1. The first-order valence-electron chi connectivity index (χ1n) is 3.16. The van der Waals surface area contributed by atoms with E-state index in [0.29, 0.717) is 4.85 Å². The Labute approximate surface area is 63.2 Å². The second-order valence-corrected chi connectivity index (χ2v) is 1.83. The van der Waals surface area contributed by atoms with E-state index in [2.05, 4.69) is 9.84 Å². The van der Waals surface area contributed by atoms with Gasteiger partial charge in [-0.2, -0.15) is 0 Å². The van der Waals surface area contributed by atoms with Crippen molar-refractivity contribution in [1.82, 2.24) is 9.94 Å². The standard InChI is InChI=1S/C6H8N2O3/c1-2-11-6(9)5-3-4-7-8(5)10/h3-4,10H,2H2,1H3. The summed E-state index contributed by atoms with van der Waals surface area (Å²) >= 11 is 0. The lowest BCUT2D eigenvalue weighted by Gasteiger charge is -1.98. The van der Waals surface area contributed by atoms with Crippen molar-refractivity contribution in [2.75, 3.05) is 6.61 Å². The van der Waals surface area contributed by atoms with Crippen LogP contribution < -0.4 is 0 Å². The fourth-order valence-corrected chi connectivity index (χ4v) is 0.651. The Morgan fingerprint density at radius 3 is 3.09 bits per heavy atom. The molecule has 1 rings (SSSR count). The van der Waals surface area contributed by atoms with Gasteiger partial charge in [-0.05, 0) is 13.0 Å². The van der Waals surface area contributed by atoms with E-state index in [4.69, 9.17) is 5.21 Å². The number of carbonyl (C=O) groups excluding carboxylic acids is 1. The van der Waals surface area contributed by atoms with Crippen LogP contribution >= 0.6 is 0 Å². The second kappa shape index (κ2) is 3.05. The SMILES string of the molecule is CCOC(=O)c1ccnn1O. The Kier molecular flexibility index (Phi) is 2.10. The smallest absolute Gasteiger partial charge is 0.360 e. The highest BCUT2D eigenvalue weighted by molar-refractivity contribution is 5.87. The molecule has 11 heavy (non-hydrogen) atoms. The molecule has 0 aliphatic carbocycles. The summed E-state index contributed by atoms with van der Waals surface area (Å²) in [7, 11) is 0. The first-order valence-corrected chi connectivity index (χ1v) is 3.16. The van der Waals surface area contributed by atoms with Crippen LogP contribution in [0.4, 0.5) is 0 Å². The number of ether oxygens (including phenoxy) is 1. The molecule has 0 aromatic carbocycles. The Hall–Kier alpha value is -1.52. The molecule has 0 atom stereocenters. The number of aromatic nitrogens is 2. The molecule has 0 bridgehead atoms. The van der Waals surface area contributed by atoms with E-state index in [0.717, 1.165) is 0 Å². The van der Waals surface area contributed by atoms with Crippen molar-refractivity contribution >= 4 is 5.97 Å². The van der Waals surface area contributed by atoms with Gasteiger partial charge in [-0.15, -0.1) is 5.10 Å². The largest absolute Gasteiger partial charge is 0.461 e. The highest BCUT2D eigenvalue weighted by Gasteiger charge is 2.11. The van der Waals surface area contributed by atoms with Crippen LogP contribution in [-0.4, -0.2) is 27.7 Å². The second-order valence-electron chi connectivity index (χ2n) is 1.83. The lowest BCUT2D eigenvalue weighted by atomic mass is 10.4. The average Bonchev–Trinajstić information content (AvgIpc) is 2.36. The third-order valence-electron chi connectivity index (χ3n) is 1.11. The summed E-state index contributed by atoms with van der Waals surface area (Å²) < 4.78 is 4.61. The van der Waals surface area contributed by atoms with Crippen LogP contribution in [0.2, 0.25) is 0 Å². The number of hydrogen-bond acceptors (Lipinski definition) is 4. The Bertz CT molecular complexity index is 256. The lowest BCUT2D eigenvalue weighted by molar-refractivity contribution is 0.0456. The van der Waals surface area contributed by atoms with Gasteiger partial charge in [-0.3, -0.25) is 0 Å². The van der Waals surface area contributed by atoms with Crippen LogP contribution in [0.1, 0.15) is 17.4 Å². The Morgan fingerprint density at radius 2 is 2.64 bits per heavy atom. The molecule has 1 heterocycles. The topological polar surface area (TPSA) is 64.3 Å². The lowest BCUT2D eigenvalue weighted by Crippen LogP contribution is -2.10. The van der Waals surface area contributed by atoms with Gasteiger partial charge in [0.05, 0.1) is 12.8 Å². The van der Waals surface area contributed by atoms with Crippen molar-refractivity contribution in [3.8, 4) is 0 Å². The van der Waals surface area contributed by atoms with Crippen molar-refractivity contribution in [1.29, 1.82) is 0 Å². The van der Waals surface area contributed by atoms with Gasteiger partial charge >= 0.3 is 5.97 Å². The molecule has 0 spiro atoms. The van der Waals surface area contributed by atoms with Crippen LogP contribution in [0.25, 0.3) is 0 Å². The average molecular weight is 156 g/mol. The van der Waals surface area contributed by atoms with Crippen LogP contribution in [-0.2, 0) is 4.74 Å². The highest BCUT2D eigenvalue weighted by atomic mass is 16.5. The minimum Gasteiger partial charge on any atom is -0.461 e. The zero-order valence-electron chi connectivity index (χ0n) is 6.02. The van der Waals surface area contributed by atoms with E-state index in [1.54, 1.807) is 6.92 Å². The summed E-state index contributed by atoms with van der Waals surface area (Å²) in [6.45, 7) is 1.97. The first kappa shape index (κ1) is 7.59. The molecular formula is C6H8N2O3. The quantitative estimate of drug-likeness (QED) is 0.494. The molecule has 5 heteroatoms. The maximum atomic E-state index is 10.9. The summed E-state index contributed by atoms with van der Waals surface area (Å²) in [6, 6.07) is 1.37. The monoisotopic (exact) mass is 156 g/mol. The Morgan fingerprint density at radius 1 is 1.91 bits per heavy atom. The molecule has 0 saturated carbocycles. The van der Waals surface area contributed by atoms with Crippen molar-refractivity contribution < 1.29 is 14.7 Å². The van der Waals surface area contributed by atoms with Crippen LogP contribution in [0.15, 0.2) is 12.3 Å². The van der Waals surface area contributed by atoms with Crippen molar-refractivity contribution in [3.63, 3.8) is 0 Å². The molecule has 60 valence electrons. The molecule has 0 radical (unpaired) electrons. The van der Waals surface area contributed by atoms with E-state index >= 15 is 0 Å². The third kappa shape index (κ3) is 1.49. The summed E-state index contributed by atoms with van der Waals surface area (Å²) in [5.74, 6) is -0.576. The normalized spacial score (nSPS) is 9.55. The summed E-state index contributed by atoms with van der Waals surface area (Å²) in [5.41, 5.74) is 0.0341. The van der Waals surface area contributed by atoms with Gasteiger partial charge < -0.3 is 9.94 Å². The van der Waals surface area contributed by atoms with Crippen molar-refractivity contribution in [2.24, 2.45) is 0 Å². The molecule has 0 unspecified atom stereocenters. The molecule has 0 aliphatic rings. The minimum atomic E-state index is -0.576. The first-order chi connectivity index (χ1) is 5.25. The fourth-order valence-electron chi connectivity index (χ4n) is 0.651. The summed E-state index contributed by atoms with van der Waals surface area (Å²) in [5, 5.41) is 12.2. The van der Waals surface area contributed by atoms with E-state index in [9.17, 15) is 4.79 Å². The zero-order chi connectivity index (χ0) is 8.27. The minimum absolute atomic E-state index is 0.0341. The van der Waals surface area contributed by atoms with E-state index in [-0.39, 0.29) is 12.3 Å². The van der Waals surface area contributed by atoms with Crippen LogP contribution in [0, 0.1) is 0 Å². The summed E-state index contributed by atoms with van der Waals surface area (Å²) in [4.78, 5) is 11.4. The molecule has 1 N–H and O–H groups in total. The van der Waals surface area contributed by atoms with Gasteiger partial charge in [0.25, 0.3) is 0 Å². The molecule has 0 amide bonds. The Balaban J connectivity index is 2.76. The predicted molar refractivity (Wildman–Crippen MR) is 35.4 cm³/mol. The zero-order valence-corrected chi connectivity index (χ0v) is 6.02. The van der Waals surface area contributed by atoms with Gasteiger partial charge in [0.1, 0.15) is 0 Å². The highest BCUT2D eigenvalue weighted by Crippen LogP contribution is 1.97. The van der Waals surface area contributed by atoms with Crippen LogP contribution in [0.5, 0.6) is 0 Å². The molecule has 0 fully saturated rings. The number of rotatable bonds is 2. The van der Waals surface area contributed by atoms with Gasteiger partial charge in [-0.25, -0.2) is 4.79 Å². The molecule has 0 aliphatic heterocycles. The van der Waals surface area contributed by atoms with Crippen molar-refractivity contribution in [3.05, 3.63) is 18.0 Å². The van der Waals surface area contributed by atoms with Gasteiger partial charge in [-0.1, -0.05) is 4.85 Å². The summed E-state index contributed by atoms with van der Waals surface area (Å²) in [6.07, 6.45) is 1.31. The van der Waals surface area contributed by atoms with E-state index < -0.39 is 5.97 Å². The molecule has 1 aromatic rings. The molecular weight excluding hydrogens is 148 g/mol. The van der Waals surface area contributed by atoms with E-state index in [1.165, 1.54) is 12.3 Å². The predicted octanol–water partition coefficient (Wildman–Crippen LogP) is 0.297. The maximum Gasteiger partial charge on any atom is 0.360 e. The van der Waals surface area contributed by atoms with E-state index in [1.807, 2.05) is 0 Å². The van der Waals surface area contributed by atoms with Gasteiger partial charge in [0.2, 0.25) is 0 Å². The number of hydrogen-bond donors (Lipinski definition) is 1. The fraction of sp³-hybridized carbons (Fsp3) is 0.333. The van der Waals surface area contributed by atoms with Gasteiger partial charge in [0, 0.05) is 0 Å².